The van der Waals surface area contributed by atoms with Crippen LogP contribution in [0, 0.1) is 0 Å². The van der Waals surface area contributed by atoms with E-state index in [9.17, 15) is 13.2 Å². The van der Waals surface area contributed by atoms with Gasteiger partial charge >= 0.3 is 0 Å². The standard InChI is InChI=1S/C17H17NO3S/c19-17(18-10-15-8-4-5-9-16(15)11-18)13-22(20,21)12-14-6-2-1-3-7-14/h1-9H,10-13H2. The van der Waals surface area contributed by atoms with Crippen LogP contribution in [0.25, 0.3) is 0 Å². The Morgan fingerprint density at radius 3 is 2.05 bits per heavy atom. The third-order valence-electron chi connectivity index (χ3n) is 3.77. The van der Waals surface area contributed by atoms with E-state index in [0.29, 0.717) is 18.7 Å². The molecule has 0 radical (unpaired) electrons. The monoisotopic (exact) mass is 315 g/mol. The number of carbonyl (C=O) groups is 1. The lowest BCUT2D eigenvalue weighted by Gasteiger charge is -2.15. The SMILES string of the molecule is O=C(CS(=O)(=O)Cc1ccccc1)N1Cc2ccccc2C1. The number of hydrogen-bond donors (Lipinski definition) is 0. The summed E-state index contributed by atoms with van der Waals surface area (Å²) in [5.41, 5.74) is 2.90. The van der Waals surface area contributed by atoms with Gasteiger partial charge in [0.15, 0.2) is 9.84 Å². The first-order valence-corrected chi connectivity index (χ1v) is 8.94. The molecule has 0 spiro atoms. The van der Waals surface area contributed by atoms with E-state index in [1.807, 2.05) is 30.3 Å². The second kappa shape index (κ2) is 5.93. The summed E-state index contributed by atoms with van der Waals surface area (Å²) in [6.07, 6.45) is 0. The van der Waals surface area contributed by atoms with E-state index < -0.39 is 15.6 Å². The summed E-state index contributed by atoms with van der Waals surface area (Å²) in [7, 11) is -3.45. The molecule has 0 unspecified atom stereocenters. The molecule has 1 amide bonds. The van der Waals surface area contributed by atoms with Gasteiger partial charge in [-0.3, -0.25) is 4.79 Å². The molecule has 0 saturated carbocycles. The topological polar surface area (TPSA) is 54.5 Å². The number of hydrogen-bond acceptors (Lipinski definition) is 3. The molecule has 0 aliphatic carbocycles. The third-order valence-corrected chi connectivity index (χ3v) is 5.23. The fourth-order valence-corrected chi connectivity index (χ4v) is 4.03. The van der Waals surface area contributed by atoms with Crippen LogP contribution < -0.4 is 0 Å². The summed E-state index contributed by atoms with van der Waals surface area (Å²) >= 11 is 0. The Morgan fingerprint density at radius 2 is 1.45 bits per heavy atom. The number of sulfone groups is 1. The van der Waals surface area contributed by atoms with Gasteiger partial charge in [0.05, 0.1) is 5.75 Å². The molecule has 0 bridgehead atoms. The van der Waals surface area contributed by atoms with Gasteiger partial charge in [-0.05, 0) is 16.7 Å². The van der Waals surface area contributed by atoms with Crippen molar-refractivity contribution in [1.82, 2.24) is 4.90 Å². The van der Waals surface area contributed by atoms with Gasteiger partial charge in [-0.15, -0.1) is 0 Å². The summed E-state index contributed by atoms with van der Waals surface area (Å²) < 4.78 is 24.4. The van der Waals surface area contributed by atoms with Crippen molar-refractivity contribution in [2.24, 2.45) is 0 Å². The Bertz CT molecular complexity index is 760. The van der Waals surface area contributed by atoms with Gasteiger partial charge in [-0.2, -0.15) is 0 Å². The maximum Gasteiger partial charge on any atom is 0.238 e. The van der Waals surface area contributed by atoms with Crippen LogP contribution in [0.3, 0.4) is 0 Å². The van der Waals surface area contributed by atoms with Gasteiger partial charge in [0, 0.05) is 13.1 Å². The van der Waals surface area contributed by atoms with E-state index in [-0.39, 0.29) is 11.7 Å². The first-order chi connectivity index (χ1) is 10.5. The quantitative estimate of drug-likeness (QED) is 0.868. The Labute approximate surface area is 130 Å². The van der Waals surface area contributed by atoms with E-state index >= 15 is 0 Å². The lowest BCUT2D eigenvalue weighted by atomic mass is 10.1. The third kappa shape index (κ3) is 3.36. The zero-order valence-electron chi connectivity index (χ0n) is 12.1. The molecule has 1 heterocycles. The molecule has 1 aliphatic heterocycles. The van der Waals surface area contributed by atoms with E-state index in [1.165, 1.54) is 0 Å². The molecule has 5 heteroatoms. The average Bonchev–Trinajstić information content (AvgIpc) is 2.91. The minimum Gasteiger partial charge on any atom is -0.333 e. The Hall–Kier alpha value is -2.14. The summed E-state index contributed by atoms with van der Waals surface area (Å²) in [5, 5.41) is 0. The maximum absolute atomic E-state index is 12.3. The van der Waals surface area contributed by atoms with Gasteiger partial charge in [0.2, 0.25) is 5.91 Å². The van der Waals surface area contributed by atoms with Crippen LogP contribution >= 0.6 is 0 Å². The molecule has 0 fully saturated rings. The average molecular weight is 315 g/mol. The van der Waals surface area contributed by atoms with Crippen LogP contribution in [0.15, 0.2) is 54.6 Å². The summed E-state index contributed by atoms with van der Waals surface area (Å²) in [4.78, 5) is 13.9. The number of nitrogens with zero attached hydrogens (tertiary/aromatic N) is 1. The van der Waals surface area contributed by atoms with Crippen molar-refractivity contribution in [3.8, 4) is 0 Å². The number of amides is 1. The molecule has 0 aromatic heterocycles. The maximum atomic E-state index is 12.3. The van der Waals surface area contributed by atoms with Gasteiger partial charge in [0.1, 0.15) is 5.75 Å². The van der Waals surface area contributed by atoms with Crippen LogP contribution in [-0.2, 0) is 33.5 Å². The molecular formula is C17H17NO3S. The summed E-state index contributed by atoms with van der Waals surface area (Å²) in [6.45, 7) is 0.992. The minimum atomic E-state index is -3.45. The van der Waals surface area contributed by atoms with Crippen molar-refractivity contribution >= 4 is 15.7 Å². The van der Waals surface area contributed by atoms with Crippen LogP contribution in [0.5, 0.6) is 0 Å². The van der Waals surface area contributed by atoms with Crippen molar-refractivity contribution in [2.45, 2.75) is 18.8 Å². The van der Waals surface area contributed by atoms with Crippen LogP contribution in [0.1, 0.15) is 16.7 Å². The molecule has 22 heavy (non-hydrogen) atoms. The van der Waals surface area contributed by atoms with Crippen molar-refractivity contribution in [2.75, 3.05) is 5.75 Å². The van der Waals surface area contributed by atoms with E-state index in [1.54, 1.807) is 29.2 Å². The fourth-order valence-electron chi connectivity index (χ4n) is 2.67. The van der Waals surface area contributed by atoms with Crippen molar-refractivity contribution in [1.29, 1.82) is 0 Å². The van der Waals surface area contributed by atoms with Gasteiger partial charge in [0.25, 0.3) is 0 Å². The van der Waals surface area contributed by atoms with Crippen molar-refractivity contribution in [3.05, 3.63) is 71.3 Å². The number of fused-ring (bicyclic) bond motifs is 1. The molecule has 2 aromatic carbocycles. The summed E-state index contributed by atoms with van der Waals surface area (Å²) in [6, 6.07) is 16.7. The van der Waals surface area contributed by atoms with Crippen molar-refractivity contribution < 1.29 is 13.2 Å². The Morgan fingerprint density at radius 1 is 0.909 bits per heavy atom. The summed E-state index contributed by atoms with van der Waals surface area (Å²) in [5.74, 6) is -0.858. The Balaban J connectivity index is 1.65. The largest absolute Gasteiger partial charge is 0.333 e. The predicted molar refractivity (Wildman–Crippen MR) is 84.6 cm³/mol. The number of rotatable bonds is 4. The Kier molecular flexibility index (Phi) is 3.98. The molecule has 0 saturated heterocycles. The minimum absolute atomic E-state index is 0.0969. The second-order valence-electron chi connectivity index (χ2n) is 5.54. The molecule has 0 atom stereocenters. The zero-order chi connectivity index (χ0) is 15.6. The molecule has 2 aromatic rings. The molecular weight excluding hydrogens is 298 g/mol. The smallest absolute Gasteiger partial charge is 0.238 e. The molecule has 1 aliphatic rings. The fraction of sp³-hybridized carbons (Fsp3) is 0.235. The highest BCUT2D eigenvalue weighted by Gasteiger charge is 2.26. The lowest BCUT2D eigenvalue weighted by molar-refractivity contribution is -0.129. The first kappa shape index (κ1) is 14.8. The normalized spacial score (nSPS) is 13.9. The second-order valence-corrected chi connectivity index (χ2v) is 7.60. The van der Waals surface area contributed by atoms with Crippen molar-refractivity contribution in [3.63, 3.8) is 0 Å². The van der Waals surface area contributed by atoms with E-state index in [4.69, 9.17) is 0 Å². The highest BCUT2D eigenvalue weighted by molar-refractivity contribution is 7.91. The van der Waals surface area contributed by atoms with Crippen LogP contribution in [0.2, 0.25) is 0 Å². The lowest BCUT2D eigenvalue weighted by Crippen LogP contribution is -2.32. The highest BCUT2D eigenvalue weighted by Crippen LogP contribution is 2.22. The van der Waals surface area contributed by atoms with Crippen LogP contribution in [-0.4, -0.2) is 25.0 Å². The molecule has 4 nitrogen and oxygen atoms in total. The molecule has 0 N–H and O–H groups in total. The van der Waals surface area contributed by atoms with Gasteiger partial charge in [-0.1, -0.05) is 54.6 Å². The van der Waals surface area contributed by atoms with Crippen LogP contribution in [0.4, 0.5) is 0 Å². The first-order valence-electron chi connectivity index (χ1n) is 7.12. The number of carbonyl (C=O) groups excluding carboxylic acids is 1. The van der Waals surface area contributed by atoms with E-state index in [0.717, 1.165) is 11.1 Å². The zero-order valence-corrected chi connectivity index (χ0v) is 12.9. The highest BCUT2D eigenvalue weighted by atomic mass is 32.2. The van der Waals surface area contributed by atoms with E-state index in [2.05, 4.69) is 0 Å². The number of benzene rings is 2. The van der Waals surface area contributed by atoms with Gasteiger partial charge in [-0.25, -0.2) is 8.42 Å². The van der Waals surface area contributed by atoms with Gasteiger partial charge < -0.3 is 4.90 Å². The predicted octanol–water partition coefficient (Wildman–Crippen LogP) is 2.14. The molecule has 114 valence electrons. The molecule has 3 rings (SSSR count).